The smallest absolute Gasteiger partial charge is 0.319 e. The number of unbranched alkanes of at least 4 members (excludes halogenated alkanes) is 3. The predicted octanol–water partition coefficient (Wildman–Crippen LogP) is 3.54. The molecule has 2 amide bonds. The molecule has 0 fully saturated rings. The van der Waals surface area contributed by atoms with Gasteiger partial charge in [0.15, 0.2) is 0 Å². The summed E-state index contributed by atoms with van der Waals surface area (Å²) in [7, 11) is -3.33. The summed E-state index contributed by atoms with van der Waals surface area (Å²) in [4.78, 5) is 11.8. The third-order valence-corrected chi connectivity index (χ3v) is 4.67. The molecule has 1 aromatic carbocycles. The van der Waals surface area contributed by atoms with Gasteiger partial charge in [-0.3, -0.25) is 4.72 Å². The predicted molar refractivity (Wildman–Crippen MR) is 95.3 cm³/mol. The maximum atomic E-state index is 11.8. The van der Waals surface area contributed by atoms with E-state index in [1.807, 2.05) is 6.92 Å². The molecule has 0 heterocycles. The summed E-state index contributed by atoms with van der Waals surface area (Å²) in [6.07, 6.45) is 4.94. The van der Waals surface area contributed by atoms with Gasteiger partial charge in [0.2, 0.25) is 10.0 Å². The molecule has 0 aliphatic heterocycles. The highest BCUT2D eigenvalue weighted by atomic mass is 32.2. The average molecular weight is 341 g/mol. The number of rotatable bonds is 10. The summed E-state index contributed by atoms with van der Waals surface area (Å²) < 4.78 is 26.0. The SMILES string of the molecule is CCCCCCNC(=O)Nc1cccc(NS(=O)(=O)CCC)c1. The van der Waals surface area contributed by atoms with Crippen LogP contribution in [0.3, 0.4) is 0 Å². The molecule has 0 aromatic heterocycles. The molecule has 1 rings (SSSR count). The molecular weight excluding hydrogens is 314 g/mol. The number of sulfonamides is 1. The van der Waals surface area contributed by atoms with E-state index in [2.05, 4.69) is 22.3 Å². The number of benzene rings is 1. The normalized spacial score (nSPS) is 11.0. The Morgan fingerprint density at radius 1 is 1.04 bits per heavy atom. The van der Waals surface area contributed by atoms with E-state index in [4.69, 9.17) is 0 Å². The summed E-state index contributed by atoms with van der Waals surface area (Å²) >= 11 is 0. The zero-order chi connectivity index (χ0) is 17.1. The quantitative estimate of drug-likeness (QED) is 0.569. The van der Waals surface area contributed by atoms with Crippen LogP contribution in [0.5, 0.6) is 0 Å². The van der Waals surface area contributed by atoms with Gasteiger partial charge in [-0.15, -0.1) is 0 Å². The first-order valence-electron chi connectivity index (χ1n) is 8.12. The van der Waals surface area contributed by atoms with Gasteiger partial charge in [0, 0.05) is 12.2 Å². The number of anilines is 2. The fraction of sp³-hybridized carbons (Fsp3) is 0.562. The third kappa shape index (κ3) is 8.44. The molecule has 0 aliphatic rings. The van der Waals surface area contributed by atoms with Gasteiger partial charge < -0.3 is 10.6 Å². The molecule has 6 nitrogen and oxygen atoms in total. The Bertz CT molecular complexity index is 588. The van der Waals surface area contributed by atoms with Crippen molar-refractivity contribution in [3.8, 4) is 0 Å². The molecule has 3 N–H and O–H groups in total. The molecule has 0 aliphatic carbocycles. The maximum Gasteiger partial charge on any atom is 0.319 e. The number of nitrogens with one attached hydrogen (secondary N) is 3. The Morgan fingerprint density at radius 2 is 1.78 bits per heavy atom. The summed E-state index contributed by atoms with van der Waals surface area (Å²) in [6.45, 7) is 4.58. The van der Waals surface area contributed by atoms with Crippen molar-refractivity contribution in [1.82, 2.24) is 5.32 Å². The second kappa shape index (κ2) is 10.1. The van der Waals surface area contributed by atoms with Crippen LogP contribution in [0.4, 0.5) is 16.2 Å². The van der Waals surface area contributed by atoms with E-state index in [0.717, 1.165) is 19.3 Å². The molecule has 0 radical (unpaired) electrons. The van der Waals surface area contributed by atoms with E-state index < -0.39 is 10.0 Å². The minimum atomic E-state index is -3.33. The molecule has 23 heavy (non-hydrogen) atoms. The van der Waals surface area contributed by atoms with Crippen molar-refractivity contribution in [2.75, 3.05) is 22.3 Å². The molecular formula is C16H27N3O3S. The molecule has 7 heteroatoms. The average Bonchev–Trinajstić information content (AvgIpc) is 2.46. The topological polar surface area (TPSA) is 87.3 Å². The summed E-state index contributed by atoms with van der Waals surface area (Å²) in [6, 6.07) is 6.38. The van der Waals surface area contributed by atoms with Gasteiger partial charge in [-0.25, -0.2) is 13.2 Å². The minimum Gasteiger partial charge on any atom is -0.338 e. The highest BCUT2D eigenvalue weighted by Gasteiger charge is 2.09. The first-order chi connectivity index (χ1) is 11.0. The van der Waals surface area contributed by atoms with Crippen LogP contribution in [-0.4, -0.2) is 26.7 Å². The Labute approximate surface area is 139 Å². The van der Waals surface area contributed by atoms with E-state index in [9.17, 15) is 13.2 Å². The summed E-state index contributed by atoms with van der Waals surface area (Å²) in [5, 5.41) is 5.50. The monoisotopic (exact) mass is 341 g/mol. The molecule has 0 atom stereocenters. The van der Waals surface area contributed by atoms with E-state index in [1.165, 1.54) is 6.42 Å². The van der Waals surface area contributed by atoms with Crippen LogP contribution in [0.2, 0.25) is 0 Å². The van der Waals surface area contributed by atoms with Crippen molar-refractivity contribution in [3.05, 3.63) is 24.3 Å². The van der Waals surface area contributed by atoms with Crippen molar-refractivity contribution >= 4 is 27.4 Å². The lowest BCUT2D eigenvalue weighted by molar-refractivity contribution is 0.252. The molecule has 1 aromatic rings. The molecule has 0 saturated carbocycles. The van der Waals surface area contributed by atoms with Crippen molar-refractivity contribution in [2.45, 2.75) is 46.0 Å². The Morgan fingerprint density at radius 3 is 2.48 bits per heavy atom. The van der Waals surface area contributed by atoms with Crippen LogP contribution in [0.25, 0.3) is 0 Å². The van der Waals surface area contributed by atoms with E-state index in [-0.39, 0.29) is 11.8 Å². The lowest BCUT2D eigenvalue weighted by Gasteiger charge is -2.10. The Hall–Kier alpha value is -1.76. The molecule has 0 unspecified atom stereocenters. The number of carbonyl (C=O) groups excluding carboxylic acids is 1. The highest BCUT2D eigenvalue weighted by molar-refractivity contribution is 7.92. The van der Waals surface area contributed by atoms with Gasteiger partial charge in [0.1, 0.15) is 0 Å². The number of amides is 2. The van der Waals surface area contributed by atoms with Crippen molar-refractivity contribution < 1.29 is 13.2 Å². The zero-order valence-electron chi connectivity index (χ0n) is 13.9. The van der Waals surface area contributed by atoms with Crippen LogP contribution in [0.1, 0.15) is 46.0 Å². The van der Waals surface area contributed by atoms with Gasteiger partial charge in [0.25, 0.3) is 0 Å². The van der Waals surface area contributed by atoms with Crippen molar-refractivity contribution in [3.63, 3.8) is 0 Å². The fourth-order valence-electron chi connectivity index (χ4n) is 2.09. The Balaban J connectivity index is 2.48. The van der Waals surface area contributed by atoms with Crippen molar-refractivity contribution in [2.24, 2.45) is 0 Å². The minimum absolute atomic E-state index is 0.0723. The molecule has 130 valence electrons. The van der Waals surface area contributed by atoms with Gasteiger partial charge in [-0.05, 0) is 31.0 Å². The number of carbonyl (C=O) groups is 1. The number of hydrogen-bond donors (Lipinski definition) is 3. The first kappa shape index (κ1) is 19.3. The van der Waals surface area contributed by atoms with Crippen LogP contribution in [-0.2, 0) is 10.0 Å². The summed E-state index contributed by atoms with van der Waals surface area (Å²) in [5.41, 5.74) is 0.993. The number of hydrogen-bond acceptors (Lipinski definition) is 3. The van der Waals surface area contributed by atoms with Crippen LogP contribution < -0.4 is 15.4 Å². The fourth-order valence-corrected chi connectivity index (χ4v) is 3.21. The molecule has 0 bridgehead atoms. The third-order valence-electron chi connectivity index (χ3n) is 3.18. The maximum absolute atomic E-state index is 11.8. The van der Waals surface area contributed by atoms with Crippen LogP contribution >= 0.6 is 0 Å². The van der Waals surface area contributed by atoms with Gasteiger partial charge in [-0.1, -0.05) is 39.2 Å². The Kier molecular flexibility index (Phi) is 8.47. The lowest BCUT2D eigenvalue weighted by Crippen LogP contribution is -2.29. The van der Waals surface area contributed by atoms with E-state index >= 15 is 0 Å². The first-order valence-corrected chi connectivity index (χ1v) is 9.77. The lowest BCUT2D eigenvalue weighted by atomic mass is 10.2. The van der Waals surface area contributed by atoms with Crippen LogP contribution in [0.15, 0.2) is 24.3 Å². The standard InChI is InChI=1S/C16H27N3O3S/c1-3-5-6-7-11-17-16(20)18-14-9-8-10-15(13-14)19-23(21,22)12-4-2/h8-10,13,19H,3-7,11-12H2,1-2H3,(H2,17,18,20). The number of urea groups is 1. The second-order valence-corrected chi connectivity index (χ2v) is 7.29. The molecule has 0 spiro atoms. The molecule has 0 saturated heterocycles. The van der Waals surface area contributed by atoms with E-state index in [0.29, 0.717) is 24.3 Å². The van der Waals surface area contributed by atoms with E-state index in [1.54, 1.807) is 24.3 Å². The van der Waals surface area contributed by atoms with Crippen molar-refractivity contribution in [1.29, 1.82) is 0 Å². The van der Waals surface area contributed by atoms with Gasteiger partial charge in [0.05, 0.1) is 11.4 Å². The van der Waals surface area contributed by atoms with Gasteiger partial charge >= 0.3 is 6.03 Å². The summed E-state index contributed by atoms with van der Waals surface area (Å²) in [5.74, 6) is 0.0723. The highest BCUT2D eigenvalue weighted by Crippen LogP contribution is 2.16. The second-order valence-electron chi connectivity index (χ2n) is 5.44. The largest absolute Gasteiger partial charge is 0.338 e. The van der Waals surface area contributed by atoms with Crippen LogP contribution in [0, 0.1) is 0 Å². The van der Waals surface area contributed by atoms with Gasteiger partial charge in [-0.2, -0.15) is 0 Å². The zero-order valence-corrected chi connectivity index (χ0v) is 14.7.